The summed E-state index contributed by atoms with van der Waals surface area (Å²) in [5, 5.41) is 5.63. The van der Waals surface area contributed by atoms with E-state index in [1.807, 2.05) is 55.5 Å². The van der Waals surface area contributed by atoms with Crippen LogP contribution in [0.4, 0.5) is 10.5 Å². The van der Waals surface area contributed by atoms with Crippen molar-refractivity contribution in [3.05, 3.63) is 70.5 Å². The van der Waals surface area contributed by atoms with Gasteiger partial charge in [0.15, 0.2) is 0 Å². The molecule has 3 rings (SSSR count). The standard InChI is InChI=1S/C19H18BrN3O2/c1-13-7-8-17(16(20)11-13)23-19(24)21-10-9-15-12-25-18(22-15)14-5-3-2-4-6-14/h2-8,11-12H,9-10H2,1H3,(H2,21,23,24). The molecule has 0 aliphatic carbocycles. The molecule has 5 nitrogen and oxygen atoms in total. The van der Waals surface area contributed by atoms with Crippen LogP contribution in [-0.4, -0.2) is 17.6 Å². The van der Waals surface area contributed by atoms with E-state index < -0.39 is 0 Å². The van der Waals surface area contributed by atoms with E-state index in [9.17, 15) is 4.79 Å². The fraction of sp³-hybridized carbons (Fsp3) is 0.158. The van der Waals surface area contributed by atoms with Crippen molar-refractivity contribution in [2.75, 3.05) is 11.9 Å². The van der Waals surface area contributed by atoms with Gasteiger partial charge in [-0.15, -0.1) is 0 Å². The van der Waals surface area contributed by atoms with Gasteiger partial charge in [0, 0.05) is 23.0 Å². The second-order valence-corrected chi connectivity index (χ2v) is 6.48. The molecule has 0 radical (unpaired) electrons. The summed E-state index contributed by atoms with van der Waals surface area (Å²) in [6.45, 7) is 2.46. The lowest BCUT2D eigenvalue weighted by Crippen LogP contribution is -2.30. The van der Waals surface area contributed by atoms with E-state index in [4.69, 9.17) is 4.42 Å². The number of rotatable bonds is 5. The van der Waals surface area contributed by atoms with Crippen LogP contribution in [0.2, 0.25) is 0 Å². The second kappa shape index (κ2) is 7.98. The molecule has 1 aromatic heterocycles. The Bertz CT molecular complexity index is 862. The average Bonchev–Trinajstić information content (AvgIpc) is 3.07. The number of hydrogen-bond acceptors (Lipinski definition) is 3. The van der Waals surface area contributed by atoms with Gasteiger partial charge in [0.25, 0.3) is 0 Å². The predicted octanol–water partition coefficient (Wildman–Crippen LogP) is 4.78. The van der Waals surface area contributed by atoms with Crippen molar-refractivity contribution >= 4 is 27.6 Å². The summed E-state index contributed by atoms with van der Waals surface area (Å²) in [5.74, 6) is 0.587. The Morgan fingerprint density at radius 3 is 2.76 bits per heavy atom. The topological polar surface area (TPSA) is 67.2 Å². The molecule has 3 aromatic rings. The van der Waals surface area contributed by atoms with Crippen LogP contribution in [0.25, 0.3) is 11.5 Å². The number of aryl methyl sites for hydroxylation is 1. The van der Waals surface area contributed by atoms with E-state index >= 15 is 0 Å². The molecular formula is C19H18BrN3O2. The van der Waals surface area contributed by atoms with Crippen molar-refractivity contribution < 1.29 is 9.21 Å². The Balaban J connectivity index is 1.49. The third-order valence-corrected chi connectivity index (χ3v) is 4.27. The zero-order valence-electron chi connectivity index (χ0n) is 13.8. The maximum Gasteiger partial charge on any atom is 0.319 e. The van der Waals surface area contributed by atoms with Crippen LogP contribution in [0.15, 0.2) is 63.7 Å². The predicted molar refractivity (Wildman–Crippen MR) is 102 cm³/mol. The van der Waals surface area contributed by atoms with E-state index in [-0.39, 0.29) is 6.03 Å². The maximum atomic E-state index is 12.0. The quantitative estimate of drug-likeness (QED) is 0.648. The Morgan fingerprint density at radius 2 is 2.00 bits per heavy atom. The third kappa shape index (κ3) is 4.70. The number of carbonyl (C=O) groups excluding carboxylic acids is 1. The van der Waals surface area contributed by atoms with Crippen LogP contribution in [0, 0.1) is 6.92 Å². The summed E-state index contributed by atoms with van der Waals surface area (Å²) in [5.41, 5.74) is 3.59. The van der Waals surface area contributed by atoms with Gasteiger partial charge < -0.3 is 15.1 Å². The number of anilines is 1. The zero-order valence-corrected chi connectivity index (χ0v) is 15.3. The number of carbonyl (C=O) groups is 1. The lowest BCUT2D eigenvalue weighted by Gasteiger charge is -2.09. The molecule has 2 amide bonds. The van der Waals surface area contributed by atoms with Gasteiger partial charge in [-0.05, 0) is 52.7 Å². The van der Waals surface area contributed by atoms with E-state index in [1.165, 1.54) is 0 Å². The average molecular weight is 400 g/mol. The van der Waals surface area contributed by atoms with Crippen molar-refractivity contribution in [1.82, 2.24) is 10.3 Å². The molecule has 0 saturated carbocycles. The highest BCUT2D eigenvalue weighted by Gasteiger charge is 2.08. The van der Waals surface area contributed by atoms with Crippen molar-refractivity contribution in [2.24, 2.45) is 0 Å². The van der Waals surface area contributed by atoms with Crippen molar-refractivity contribution in [3.63, 3.8) is 0 Å². The summed E-state index contributed by atoms with van der Waals surface area (Å²) >= 11 is 3.44. The van der Waals surface area contributed by atoms with Gasteiger partial charge in [0.2, 0.25) is 5.89 Å². The number of halogens is 1. The van der Waals surface area contributed by atoms with Gasteiger partial charge in [0.1, 0.15) is 6.26 Å². The van der Waals surface area contributed by atoms with E-state index in [1.54, 1.807) is 6.26 Å². The molecule has 6 heteroatoms. The fourth-order valence-electron chi connectivity index (χ4n) is 2.33. The minimum Gasteiger partial charge on any atom is -0.444 e. The molecule has 0 atom stereocenters. The number of amides is 2. The molecule has 128 valence electrons. The van der Waals surface area contributed by atoms with E-state index in [0.717, 1.165) is 27.0 Å². The highest BCUT2D eigenvalue weighted by atomic mass is 79.9. The monoisotopic (exact) mass is 399 g/mol. The number of benzene rings is 2. The first-order valence-electron chi connectivity index (χ1n) is 7.92. The van der Waals surface area contributed by atoms with Gasteiger partial charge in [-0.2, -0.15) is 0 Å². The lowest BCUT2D eigenvalue weighted by atomic mass is 10.2. The van der Waals surface area contributed by atoms with Gasteiger partial charge in [-0.25, -0.2) is 9.78 Å². The number of oxazole rings is 1. The largest absolute Gasteiger partial charge is 0.444 e. The fourth-order valence-corrected chi connectivity index (χ4v) is 2.92. The zero-order chi connectivity index (χ0) is 17.6. The molecule has 0 bridgehead atoms. The number of aromatic nitrogens is 1. The summed E-state index contributed by atoms with van der Waals surface area (Å²) in [7, 11) is 0. The maximum absolute atomic E-state index is 12.0. The third-order valence-electron chi connectivity index (χ3n) is 3.61. The summed E-state index contributed by atoms with van der Waals surface area (Å²) in [6.07, 6.45) is 2.22. The molecule has 0 saturated heterocycles. The van der Waals surface area contributed by atoms with Gasteiger partial charge in [-0.3, -0.25) is 0 Å². The van der Waals surface area contributed by atoms with Crippen LogP contribution in [-0.2, 0) is 6.42 Å². The molecule has 0 aliphatic heterocycles. The Kier molecular flexibility index (Phi) is 5.50. The number of nitrogens with zero attached hydrogens (tertiary/aromatic N) is 1. The molecule has 1 heterocycles. The van der Waals surface area contributed by atoms with E-state index in [0.29, 0.717) is 18.9 Å². The summed E-state index contributed by atoms with van der Waals surface area (Å²) in [6, 6.07) is 15.2. The molecule has 2 N–H and O–H groups in total. The van der Waals surface area contributed by atoms with Crippen LogP contribution >= 0.6 is 15.9 Å². The Hall–Kier alpha value is -2.60. The first-order valence-corrected chi connectivity index (χ1v) is 8.72. The first kappa shape index (κ1) is 17.2. The second-order valence-electron chi connectivity index (χ2n) is 5.62. The number of nitrogens with one attached hydrogen (secondary N) is 2. The van der Waals surface area contributed by atoms with Crippen LogP contribution in [0.5, 0.6) is 0 Å². The van der Waals surface area contributed by atoms with Crippen LogP contribution < -0.4 is 10.6 Å². The van der Waals surface area contributed by atoms with Crippen LogP contribution in [0.1, 0.15) is 11.3 Å². The Labute approximate surface area is 154 Å². The highest BCUT2D eigenvalue weighted by molar-refractivity contribution is 9.10. The van der Waals surface area contributed by atoms with Gasteiger partial charge in [-0.1, -0.05) is 24.3 Å². The van der Waals surface area contributed by atoms with Gasteiger partial charge >= 0.3 is 6.03 Å². The SMILES string of the molecule is Cc1ccc(NC(=O)NCCc2coc(-c3ccccc3)n2)c(Br)c1. The molecular weight excluding hydrogens is 382 g/mol. The minimum atomic E-state index is -0.253. The van der Waals surface area contributed by atoms with Crippen molar-refractivity contribution in [1.29, 1.82) is 0 Å². The Morgan fingerprint density at radius 1 is 1.20 bits per heavy atom. The van der Waals surface area contributed by atoms with Crippen LogP contribution in [0.3, 0.4) is 0 Å². The number of urea groups is 1. The normalized spacial score (nSPS) is 10.5. The smallest absolute Gasteiger partial charge is 0.319 e. The number of hydrogen-bond donors (Lipinski definition) is 2. The van der Waals surface area contributed by atoms with Gasteiger partial charge in [0.05, 0.1) is 11.4 Å². The highest BCUT2D eigenvalue weighted by Crippen LogP contribution is 2.23. The summed E-state index contributed by atoms with van der Waals surface area (Å²) in [4.78, 5) is 16.4. The molecule has 0 spiro atoms. The van der Waals surface area contributed by atoms with Crippen molar-refractivity contribution in [3.8, 4) is 11.5 Å². The summed E-state index contributed by atoms with van der Waals surface area (Å²) < 4.78 is 6.34. The first-order chi connectivity index (χ1) is 12.1. The molecule has 0 fully saturated rings. The molecule has 0 aliphatic rings. The molecule has 2 aromatic carbocycles. The minimum absolute atomic E-state index is 0.253. The molecule has 0 unspecified atom stereocenters. The van der Waals surface area contributed by atoms with E-state index in [2.05, 4.69) is 31.5 Å². The van der Waals surface area contributed by atoms with Crippen molar-refractivity contribution in [2.45, 2.75) is 13.3 Å². The molecule has 25 heavy (non-hydrogen) atoms. The lowest BCUT2D eigenvalue weighted by molar-refractivity contribution is 0.252.